The lowest BCUT2D eigenvalue weighted by molar-refractivity contribution is -0.0459. The zero-order valence-electron chi connectivity index (χ0n) is 16.0. The van der Waals surface area contributed by atoms with E-state index in [1.54, 1.807) is 24.3 Å². The van der Waals surface area contributed by atoms with Gasteiger partial charge in [0.1, 0.15) is 18.5 Å². The summed E-state index contributed by atoms with van der Waals surface area (Å²) in [5, 5.41) is 10.4. The standard InChI is InChI=1S/C22H26BrNO4/c1-2-21(26)16-5-9-20(10-6-16)28-15-19(25)13-24-11-12-27-22(14-24)17-3-7-18(23)8-4-17/h3-10,19,22,25H,2,11-15H2,1H3. The molecule has 1 heterocycles. The lowest BCUT2D eigenvalue weighted by Crippen LogP contribution is -2.43. The molecule has 1 aliphatic heterocycles. The van der Waals surface area contributed by atoms with Crippen LogP contribution in [-0.2, 0) is 4.74 Å². The van der Waals surface area contributed by atoms with Crippen molar-refractivity contribution in [1.29, 1.82) is 0 Å². The van der Waals surface area contributed by atoms with Gasteiger partial charge in [-0.1, -0.05) is 35.0 Å². The van der Waals surface area contributed by atoms with Crippen molar-refractivity contribution in [2.24, 2.45) is 0 Å². The fourth-order valence-electron chi connectivity index (χ4n) is 3.23. The van der Waals surface area contributed by atoms with Crippen molar-refractivity contribution in [3.8, 4) is 5.75 Å². The Hall–Kier alpha value is -1.73. The van der Waals surface area contributed by atoms with Crippen LogP contribution in [0.25, 0.3) is 0 Å². The van der Waals surface area contributed by atoms with Gasteiger partial charge in [-0.2, -0.15) is 0 Å². The average Bonchev–Trinajstić information content (AvgIpc) is 2.73. The molecule has 2 aromatic rings. The predicted molar refractivity (Wildman–Crippen MR) is 112 cm³/mol. The van der Waals surface area contributed by atoms with Gasteiger partial charge in [-0.3, -0.25) is 9.69 Å². The molecular weight excluding hydrogens is 422 g/mol. The highest BCUT2D eigenvalue weighted by Crippen LogP contribution is 2.24. The summed E-state index contributed by atoms with van der Waals surface area (Å²) in [4.78, 5) is 13.9. The SMILES string of the molecule is CCC(=O)c1ccc(OCC(O)CN2CCOC(c3ccc(Br)cc3)C2)cc1. The number of aliphatic hydroxyl groups excluding tert-OH is 1. The molecule has 0 radical (unpaired) electrons. The highest BCUT2D eigenvalue weighted by atomic mass is 79.9. The van der Waals surface area contributed by atoms with Crippen LogP contribution < -0.4 is 4.74 Å². The number of nitrogens with zero attached hydrogens (tertiary/aromatic N) is 1. The summed E-state index contributed by atoms with van der Waals surface area (Å²) >= 11 is 3.45. The summed E-state index contributed by atoms with van der Waals surface area (Å²) in [6.45, 7) is 4.76. The number of rotatable bonds is 8. The molecule has 0 saturated carbocycles. The van der Waals surface area contributed by atoms with Gasteiger partial charge in [0.05, 0.1) is 12.7 Å². The van der Waals surface area contributed by atoms with Crippen LogP contribution in [0.5, 0.6) is 5.75 Å². The van der Waals surface area contributed by atoms with E-state index in [9.17, 15) is 9.90 Å². The Labute approximate surface area is 174 Å². The number of hydrogen-bond acceptors (Lipinski definition) is 5. The van der Waals surface area contributed by atoms with E-state index >= 15 is 0 Å². The van der Waals surface area contributed by atoms with Crippen LogP contribution in [0.3, 0.4) is 0 Å². The number of halogens is 1. The van der Waals surface area contributed by atoms with Gasteiger partial charge in [0, 0.05) is 36.1 Å². The van der Waals surface area contributed by atoms with Gasteiger partial charge in [0.15, 0.2) is 5.78 Å². The van der Waals surface area contributed by atoms with E-state index in [1.807, 2.05) is 19.1 Å². The second-order valence-corrected chi connectivity index (χ2v) is 7.85. The van der Waals surface area contributed by atoms with Crippen molar-refractivity contribution in [1.82, 2.24) is 4.90 Å². The van der Waals surface area contributed by atoms with Crippen LogP contribution >= 0.6 is 15.9 Å². The first-order valence-corrected chi connectivity index (χ1v) is 10.4. The van der Waals surface area contributed by atoms with E-state index in [1.165, 1.54) is 0 Å². The van der Waals surface area contributed by atoms with Crippen molar-refractivity contribution in [2.75, 3.05) is 32.8 Å². The monoisotopic (exact) mass is 447 g/mol. The Morgan fingerprint density at radius 1 is 1.25 bits per heavy atom. The van der Waals surface area contributed by atoms with Gasteiger partial charge in [0.2, 0.25) is 0 Å². The predicted octanol–water partition coefficient (Wildman–Crippen LogP) is 3.86. The molecule has 3 rings (SSSR count). The van der Waals surface area contributed by atoms with Crippen molar-refractivity contribution in [3.63, 3.8) is 0 Å². The maximum Gasteiger partial charge on any atom is 0.162 e. The van der Waals surface area contributed by atoms with Crippen molar-refractivity contribution >= 4 is 21.7 Å². The molecule has 0 spiro atoms. The third kappa shape index (κ3) is 5.88. The van der Waals surface area contributed by atoms with E-state index in [-0.39, 0.29) is 18.5 Å². The molecule has 2 atom stereocenters. The highest BCUT2D eigenvalue weighted by Gasteiger charge is 2.23. The largest absolute Gasteiger partial charge is 0.491 e. The van der Waals surface area contributed by atoms with Crippen molar-refractivity contribution in [3.05, 3.63) is 64.1 Å². The average molecular weight is 448 g/mol. The number of carbonyl (C=O) groups is 1. The first kappa shape index (κ1) is 21.0. The number of morpholine rings is 1. The van der Waals surface area contributed by atoms with Crippen LogP contribution in [0.2, 0.25) is 0 Å². The lowest BCUT2D eigenvalue weighted by atomic mass is 10.1. The quantitative estimate of drug-likeness (QED) is 0.622. The molecule has 6 heteroatoms. The zero-order chi connectivity index (χ0) is 19.9. The Bertz CT molecular complexity index is 763. The van der Waals surface area contributed by atoms with E-state index in [0.717, 1.165) is 23.1 Å². The molecule has 0 bridgehead atoms. The number of carbonyl (C=O) groups excluding carboxylic acids is 1. The Balaban J connectivity index is 1.47. The van der Waals surface area contributed by atoms with Gasteiger partial charge in [-0.25, -0.2) is 0 Å². The maximum atomic E-state index is 11.7. The van der Waals surface area contributed by atoms with Crippen LogP contribution in [0.4, 0.5) is 0 Å². The van der Waals surface area contributed by atoms with Gasteiger partial charge < -0.3 is 14.6 Å². The molecule has 1 aliphatic rings. The summed E-state index contributed by atoms with van der Waals surface area (Å²) < 4.78 is 12.6. The molecule has 1 fully saturated rings. The van der Waals surface area contributed by atoms with Crippen LogP contribution in [0.15, 0.2) is 53.0 Å². The second kappa shape index (κ2) is 10.2. The number of Topliss-reactive ketones (excluding diaryl/α,β-unsaturated/α-hetero) is 1. The minimum atomic E-state index is -0.597. The molecule has 0 amide bonds. The van der Waals surface area contributed by atoms with Crippen LogP contribution in [0.1, 0.15) is 35.4 Å². The van der Waals surface area contributed by atoms with E-state index < -0.39 is 6.10 Å². The molecule has 0 aliphatic carbocycles. The lowest BCUT2D eigenvalue weighted by Gasteiger charge is -2.34. The normalized spacial score (nSPS) is 18.6. The topological polar surface area (TPSA) is 59.0 Å². The fraction of sp³-hybridized carbons (Fsp3) is 0.409. The van der Waals surface area contributed by atoms with E-state index in [0.29, 0.717) is 30.9 Å². The minimum absolute atomic E-state index is 0.0126. The molecule has 2 unspecified atom stereocenters. The van der Waals surface area contributed by atoms with Gasteiger partial charge in [0.25, 0.3) is 0 Å². The molecule has 150 valence electrons. The van der Waals surface area contributed by atoms with Crippen molar-refractivity contribution in [2.45, 2.75) is 25.6 Å². The first-order chi connectivity index (χ1) is 13.5. The summed E-state index contributed by atoms with van der Waals surface area (Å²) in [6.07, 6.45) is -0.0982. The van der Waals surface area contributed by atoms with Crippen LogP contribution in [-0.4, -0.2) is 54.7 Å². The summed E-state index contributed by atoms with van der Waals surface area (Å²) in [5.41, 5.74) is 1.82. The van der Waals surface area contributed by atoms with E-state index in [4.69, 9.17) is 9.47 Å². The summed E-state index contributed by atoms with van der Waals surface area (Å²) in [7, 11) is 0. The van der Waals surface area contributed by atoms with Gasteiger partial charge in [-0.05, 0) is 42.0 Å². The molecular formula is C22H26BrNO4. The third-order valence-corrected chi connectivity index (χ3v) is 5.33. The van der Waals surface area contributed by atoms with Gasteiger partial charge >= 0.3 is 0 Å². The summed E-state index contributed by atoms with van der Waals surface area (Å²) in [5.74, 6) is 0.764. The molecule has 28 heavy (non-hydrogen) atoms. The number of β-amino-alcohol motifs (C(OH)–C–C–N with tert-alkyl or cyclic N) is 1. The number of aliphatic hydroxyl groups is 1. The number of benzene rings is 2. The highest BCUT2D eigenvalue weighted by molar-refractivity contribution is 9.10. The fourth-order valence-corrected chi connectivity index (χ4v) is 3.50. The maximum absolute atomic E-state index is 11.7. The Kier molecular flexibility index (Phi) is 7.62. The molecule has 1 saturated heterocycles. The van der Waals surface area contributed by atoms with Gasteiger partial charge in [-0.15, -0.1) is 0 Å². The Morgan fingerprint density at radius 2 is 1.96 bits per heavy atom. The number of ketones is 1. The molecule has 0 aromatic heterocycles. The number of hydrogen-bond donors (Lipinski definition) is 1. The second-order valence-electron chi connectivity index (χ2n) is 6.94. The van der Waals surface area contributed by atoms with Crippen molar-refractivity contribution < 1.29 is 19.4 Å². The minimum Gasteiger partial charge on any atom is -0.491 e. The Morgan fingerprint density at radius 3 is 2.64 bits per heavy atom. The van der Waals surface area contributed by atoms with Crippen LogP contribution in [0, 0.1) is 0 Å². The summed E-state index contributed by atoms with van der Waals surface area (Å²) in [6, 6.07) is 15.2. The molecule has 1 N–H and O–H groups in total. The van der Waals surface area contributed by atoms with E-state index in [2.05, 4.69) is 33.0 Å². The molecule has 2 aromatic carbocycles. The zero-order valence-corrected chi connectivity index (χ0v) is 17.6. The first-order valence-electron chi connectivity index (χ1n) is 9.58. The number of ether oxygens (including phenoxy) is 2. The smallest absolute Gasteiger partial charge is 0.162 e. The third-order valence-electron chi connectivity index (χ3n) is 4.80. The molecule has 5 nitrogen and oxygen atoms in total.